The maximum absolute atomic E-state index is 12.8. The molecule has 0 radical (unpaired) electrons. The molecule has 1 atom stereocenters. The first-order valence-electron chi connectivity index (χ1n) is 8.94. The minimum absolute atomic E-state index is 0.0568. The Bertz CT molecular complexity index is 838. The fourth-order valence-electron chi connectivity index (χ4n) is 2.64. The number of benzene rings is 2. The van der Waals surface area contributed by atoms with Crippen LogP contribution in [0.3, 0.4) is 0 Å². The summed E-state index contributed by atoms with van der Waals surface area (Å²) in [5.74, 6) is 0.290. The molecular weight excluding hydrogens is 399 g/mol. The zero-order valence-corrected chi connectivity index (χ0v) is 17.9. The largest absolute Gasteiger partial charge is 0.481 e. The van der Waals surface area contributed by atoms with Gasteiger partial charge in [0.2, 0.25) is 0 Å². The van der Waals surface area contributed by atoms with E-state index >= 15 is 0 Å². The van der Waals surface area contributed by atoms with Crippen molar-refractivity contribution in [1.82, 2.24) is 9.80 Å². The first-order valence-corrected chi connectivity index (χ1v) is 9.69. The molecule has 2 aromatic rings. The van der Waals surface area contributed by atoms with Crippen molar-refractivity contribution in [3.05, 3.63) is 63.6 Å². The van der Waals surface area contributed by atoms with Gasteiger partial charge >= 0.3 is 0 Å². The Morgan fingerprint density at radius 3 is 2.21 bits per heavy atom. The van der Waals surface area contributed by atoms with Gasteiger partial charge < -0.3 is 14.5 Å². The normalized spacial score (nSPS) is 11.6. The highest BCUT2D eigenvalue weighted by Crippen LogP contribution is 2.27. The summed E-state index contributed by atoms with van der Waals surface area (Å²) < 4.78 is 5.72. The van der Waals surface area contributed by atoms with Crippen molar-refractivity contribution in [2.24, 2.45) is 0 Å². The molecule has 5 nitrogen and oxygen atoms in total. The van der Waals surface area contributed by atoms with E-state index < -0.39 is 6.10 Å². The van der Waals surface area contributed by atoms with E-state index in [2.05, 4.69) is 0 Å². The summed E-state index contributed by atoms with van der Waals surface area (Å²) in [6.45, 7) is 4.58. The summed E-state index contributed by atoms with van der Waals surface area (Å²) in [7, 11) is 3.42. The van der Waals surface area contributed by atoms with Crippen molar-refractivity contribution in [3.63, 3.8) is 0 Å². The Hall–Kier alpha value is -2.24. The minimum Gasteiger partial charge on any atom is -0.481 e. The number of hydrogen-bond donors (Lipinski definition) is 0. The van der Waals surface area contributed by atoms with Gasteiger partial charge in [0.15, 0.2) is 6.10 Å². The van der Waals surface area contributed by atoms with E-state index in [4.69, 9.17) is 27.9 Å². The average molecular weight is 423 g/mol. The number of amides is 2. The first kappa shape index (κ1) is 22.1. The molecule has 0 spiro atoms. The summed E-state index contributed by atoms with van der Waals surface area (Å²) in [5, 5.41) is 0.804. The lowest BCUT2D eigenvalue weighted by Crippen LogP contribution is -2.40. The van der Waals surface area contributed by atoms with Crippen LogP contribution in [0.15, 0.2) is 42.5 Å². The molecule has 0 N–H and O–H groups in total. The monoisotopic (exact) mass is 422 g/mol. The number of halogens is 2. The fourth-order valence-corrected chi connectivity index (χ4v) is 2.93. The molecule has 0 heterocycles. The minimum atomic E-state index is -0.674. The standard InChI is InChI=1S/C21H24Cl2N2O3/c1-5-25(13-15-6-8-16(9-7-15)21(27)24(3)4)20(26)14(2)28-17-10-11-18(22)19(23)12-17/h6-12,14H,5,13H2,1-4H3. The van der Waals surface area contributed by atoms with Crippen LogP contribution in [0, 0.1) is 0 Å². The fraction of sp³-hybridized carbons (Fsp3) is 0.333. The van der Waals surface area contributed by atoms with Crippen LogP contribution in [-0.4, -0.2) is 48.4 Å². The van der Waals surface area contributed by atoms with Crippen LogP contribution in [0.1, 0.15) is 29.8 Å². The van der Waals surface area contributed by atoms with Crippen LogP contribution < -0.4 is 4.74 Å². The highest BCUT2D eigenvalue weighted by molar-refractivity contribution is 6.42. The summed E-state index contributed by atoms with van der Waals surface area (Å²) in [6, 6.07) is 12.1. The van der Waals surface area contributed by atoms with Crippen LogP contribution in [-0.2, 0) is 11.3 Å². The zero-order chi connectivity index (χ0) is 20.8. The molecule has 28 heavy (non-hydrogen) atoms. The number of rotatable bonds is 7. The van der Waals surface area contributed by atoms with E-state index in [0.717, 1.165) is 5.56 Å². The predicted molar refractivity (Wildman–Crippen MR) is 112 cm³/mol. The van der Waals surface area contributed by atoms with Crippen LogP contribution in [0.2, 0.25) is 10.0 Å². The maximum atomic E-state index is 12.8. The lowest BCUT2D eigenvalue weighted by atomic mass is 10.1. The lowest BCUT2D eigenvalue weighted by Gasteiger charge is -2.25. The van der Waals surface area contributed by atoms with Gasteiger partial charge in [-0.2, -0.15) is 0 Å². The summed E-state index contributed by atoms with van der Waals surface area (Å²) >= 11 is 11.9. The SMILES string of the molecule is CCN(Cc1ccc(C(=O)N(C)C)cc1)C(=O)C(C)Oc1ccc(Cl)c(Cl)c1. The summed E-state index contributed by atoms with van der Waals surface area (Å²) in [4.78, 5) is 28.0. The average Bonchev–Trinajstić information content (AvgIpc) is 2.68. The molecule has 0 aromatic heterocycles. The van der Waals surface area contributed by atoms with Gasteiger partial charge in [-0.3, -0.25) is 9.59 Å². The molecule has 0 aliphatic heterocycles. The Morgan fingerprint density at radius 1 is 1.04 bits per heavy atom. The van der Waals surface area contributed by atoms with Crippen molar-refractivity contribution in [2.45, 2.75) is 26.5 Å². The molecule has 2 aromatic carbocycles. The van der Waals surface area contributed by atoms with Crippen molar-refractivity contribution in [2.75, 3.05) is 20.6 Å². The van der Waals surface area contributed by atoms with E-state index in [1.165, 1.54) is 4.90 Å². The molecule has 0 aliphatic rings. The summed E-state index contributed by atoms with van der Waals surface area (Å²) in [5.41, 5.74) is 1.55. The Morgan fingerprint density at radius 2 is 1.68 bits per heavy atom. The third-order valence-corrected chi connectivity index (χ3v) is 4.96. The number of carbonyl (C=O) groups excluding carboxylic acids is 2. The number of nitrogens with zero attached hydrogens (tertiary/aromatic N) is 2. The van der Waals surface area contributed by atoms with Gasteiger partial charge in [0.1, 0.15) is 5.75 Å². The molecular formula is C21H24Cl2N2O3. The van der Waals surface area contributed by atoms with Gasteiger partial charge in [0, 0.05) is 38.8 Å². The molecule has 2 amide bonds. The van der Waals surface area contributed by atoms with Gasteiger partial charge in [0.25, 0.3) is 11.8 Å². The number of hydrogen-bond acceptors (Lipinski definition) is 3. The number of ether oxygens (including phenoxy) is 1. The predicted octanol–water partition coefficient (Wildman–Crippen LogP) is 4.51. The second kappa shape index (κ2) is 9.80. The number of likely N-dealkylation sites (N-methyl/N-ethyl adjacent to an activating group) is 1. The lowest BCUT2D eigenvalue weighted by molar-refractivity contribution is -0.138. The van der Waals surface area contributed by atoms with Crippen molar-refractivity contribution in [3.8, 4) is 5.75 Å². The third kappa shape index (κ3) is 5.63. The van der Waals surface area contributed by atoms with Crippen molar-refractivity contribution >= 4 is 35.0 Å². The zero-order valence-electron chi connectivity index (χ0n) is 16.4. The summed E-state index contributed by atoms with van der Waals surface area (Å²) in [6.07, 6.45) is -0.674. The van der Waals surface area contributed by atoms with E-state index in [0.29, 0.717) is 34.4 Å². The van der Waals surface area contributed by atoms with Gasteiger partial charge in [-0.15, -0.1) is 0 Å². The smallest absolute Gasteiger partial charge is 0.263 e. The Kier molecular flexibility index (Phi) is 7.72. The maximum Gasteiger partial charge on any atom is 0.263 e. The number of carbonyl (C=O) groups is 2. The molecule has 7 heteroatoms. The molecule has 0 fully saturated rings. The van der Waals surface area contributed by atoms with Crippen molar-refractivity contribution < 1.29 is 14.3 Å². The third-order valence-electron chi connectivity index (χ3n) is 4.23. The van der Waals surface area contributed by atoms with Gasteiger partial charge in [-0.05, 0) is 43.7 Å². The molecule has 2 rings (SSSR count). The van der Waals surface area contributed by atoms with Gasteiger partial charge in [-0.25, -0.2) is 0 Å². The molecule has 1 unspecified atom stereocenters. The molecule has 0 aliphatic carbocycles. The topological polar surface area (TPSA) is 49.9 Å². The second-order valence-electron chi connectivity index (χ2n) is 6.58. The Labute approximate surface area is 175 Å². The van der Waals surface area contributed by atoms with Crippen LogP contribution >= 0.6 is 23.2 Å². The quantitative estimate of drug-likeness (QED) is 0.659. The van der Waals surface area contributed by atoms with Gasteiger partial charge in [0.05, 0.1) is 10.0 Å². The highest BCUT2D eigenvalue weighted by atomic mass is 35.5. The highest BCUT2D eigenvalue weighted by Gasteiger charge is 2.21. The van der Waals surface area contributed by atoms with E-state index in [1.54, 1.807) is 56.3 Å². The molecule has 0 saturated carbocycles. The van der Waals surface area contributed by atoms with Crippen LogP contribution in [0.5, 0.6) is 5.75 Å². The van der Waals surface area contributed by atoms with Crippen LogP contribution in [0.4, 0.5) is 0 Å². The van der Waals surface area contributed by atoms with E-state index in [-0.39, 0.29) is 11.8 Å². The molecule has 0 bridgehead atoms. The van der Waals surface area contributed by atoms with Gasteiger partial charge in [-0.1, -0.05) is 35.3 Å². The van der Waals surface area contributed by atoms with E-state index in [9.17, 15) is 9.59 Å². The van der Waals surface area contributed by atoms with E-state index in [1.807, 2.05) is 19.1 Å². The Balaban J connectivity index is 2.04. The molecule has 150 valence electrons. The first-order chi connectivity index (χ1) is 13.2. The second-order valence-corrected chi connectivity index (χ2v) is 7.40. The van der Waals surface area contributed by atoms with Crippen molar-refractivity contribution in [1.29, 1.82) is 0 Å². The molecule has 0 saturated heterocycles. The van der Waals surface area contributed by atoms with Crippen LogP contribution in [0.25, 0.3) is 0 Å².